The molecule has 5 heteroatoms. The summed E-state index contributed by atoms with van der Waals surface area (Å²) in [5.41, 5.74) is 15.7. The molecule has 274 valence electrons. The third kappa shape index (κ3) is 5.18. The maximum atomic E-state index is 4.99. The van der Waals surface area contributed by atoms with Crippen LogP contribution in [0.25, 0.3) is 38.8 Å². The first kappa shape index (κ1) is 35.3. The SMILES string of the molecule is Cc1cc2c(cc1C)N(c1[c-]c(C3(c4[c-]c5c(cc4)c4ccccc4n5-c4cc(C(C)(C)C)ccn4)c4ccccc4-c4ccccc43)ccc1)[CH-]N2C.[Pt]. The molecule has 0 atom stereocenters. The topological polar surface area (TPSA) is 24.3 Å². The van der Waals surface area contributed by atoms with Crippen LogP contribution in [0.1, 0.15) is 59.7 Å². The van der Waals surface area contributed by atoms with Gasteiger partial charge in [0.2, 0.25) is 0 Å². The Morgan fingerprint density at radius 1 is 0.655 bits per heavy atom. The van der Waals surface area contributed by atoms with Gasteiger partial charge in [0.25, 0.3) is 0 Å². The Kier molecular flexibility index (Phi) is 8.22. The molecule has 0 saturated heterocycles. The van der Waals surface area contributed by atoms with E-state index in [9.17, 15) is 0 Å². The van der Waals surface area contributed by atoms with Crippen LogP contribution in [0.4, 0.5) is 17.1 Å². The zero-order valence-corrected chi connectivity index (χ0v) is 34.2. The summed E-state index contributed by atoms with van der Waals surface area (Å²) in [4.78, 5) is 9.48. The maximum absolute atomic E-state index is 4.99. The van der Waals surface area contributed by atoms with Crippen molar-refractivity contribution in [2.75, 3.05) is 16.8 Å². The number of hydrogen-bond donors (Lipinski definition) is 0. The second-order valence-corrected chi connectivity index (χ2v) is 16.0. The van der Waals surface area contributed by atoms with Crippen LogP contribution in [0.15, 0.2) is 134 Å². The fourth-order valence-corrected chi connectivity index (χ4v) is 8.88. The van der Waals surface area contributed by atoms with Gasteiger partial charge in [-0.25, -0.2) is 4.98 Å². The molecule has 0 saturated carbocycles. The Hall–Kier alpha value is -5.44. The summed E-state index contributed by atoms with van der Waals surface area (Å²) in [7, 11) is 2.12. The van der Waals surface area contributed by atoms with Crippen molar-refractivity contribution in [1.82, 2.24) is 9.55 Å². The molecule has 8 aromatic rings. The number of hydrogen-bond acceptors (Lipinski definition) is 3. The second kappa shape index (κ2) is 12.8. The summed E-state index contributed by atoms with van der Waals surface area (Å²) < 4.78 is 2.31. The van der Waals surface area contributed by atoms with Crippen LogP contribution in [0.3, 0.4) is 0 Å². The smallest absolute Gasteiger partial charge is 0.135 e. The van der Waals surface area contributed by atoms with Gasteiger partial charge in [-0.1, -0.05) is 93.0 Å². The van der Waals surface area contributed by atoms with Crippen LogP contribution in [-0.2, 0) is 31.9 Å². The van der Waals surface area contributed by atoms with Crippen LogP contribution in [0.2, 0.25) is 0 Å². The Labute approximate surface area is 338 Å². The first-order valence-corrected chi connectivity index (χ1v) is 18.8. The molecular formula is C50H41N4Pt-3. The molecule has 1 aliphatic carbocycles. The summed E-state index contributed by atoms with van der Waals surface area (Å²) in [6.07, 6.45) is 1.94. The van der Waals surface area contributed by atoms with Crippen LogP contribution >= 0.6 is 0 Å². The molecule has 0 unspecified atom stereocenters. The molecule has 6 aromatic carbocycles. The van der Waals surface area contributed by atoms with Crippen molar-refractivity contribution in [3.63, 3.8) is 0 Å². The van der Waals surface area contributed by atoms with Gasteiger partial charge in [0, 0.05) is 49.6 Å². The molecule has 3 heterocycles. The number of aryl methyl sites for hydroxylation is 2. The van der Waals surface area contributed by atoms with Gasteiger partial charge in [-0.3, -0.25) is 0 Å². The first-order chi connectivity index (χ1) is 26.1. The molecule has 1 aliphatic heterocycles. The van der Waals surface area contributed by atoms with Crippen molar-refractivity contribution in [2.45, 2.75) is 45.4 Å². The van der Waals surface area contributed by atoms with E-state index in [2.05, 4.69) is 202 Å². The van der Waals surface area contributed by atoms with E-state index in [1.165, 1.54) is 50.0 Å². The molecule has 4 nitrogen and oxygen atoms in total. The molecule has 55 heavy (non-hydrogen) atoms. The van der Waals surface area contributed by atoms with Crippen LogP contribution in [0.5, 0.6) is 0 Å². The first-order valence-electron chi connectivity index (χ1n) is 18.8. The summed E-state index contributed by atoms with van der Waals surface area (Å²) in [6.45, 7) is 13.3. The Bertz CT molecular complexity index is 2760. The number of nitrogens with zero attached hydrogens (tertiary/aromatic N) is 4. The Morgan fingerprint density at radius 3 is 2.04 bits per heavy atom. The van der Waals surface area contributed by atoms with E-state index in [0.29, 0.717) is 0 Å². The number of fused-ring (bicyclic) bond motifs is 7. The van der Waals surface area contributed by atoms with E-state index >= 15 is 0 Å². The van der Waals surface area contributed by atoms with Gasteiger partial charge >= 0.3 is 0 Å². The van der Waals surface area contributed by atoms with E-state index < -0.39 is 5.41 Å². The minimum Gasteiger partial charge on any atom is -0.504 e. The third-order valence-corrected chi connectivity index (χ3v) is 11.7. The number of aromatic nitrogens is 2. The van der Waals surface area contributed by atoms with Crippen molar-refractivity contribution in [3.05, 3.63) is 191 Å². The van der Waals surface area contributed by atoms with Gasteiger partial charge in [0.15, 0.2) is 0 Å². The van der Waals surface area contributed by atoms with E-state index in [-0.39, 0.29) is 26.5 Å². The largest absolute Gasteiger partial charge is 0.504 e. The normalized spacial score (nSPS) is 14.2. The molecule has 0 radical (unpaired) electrons. The molecule has 10 rings (SSSR count). The van der Waals surface area contributed by atoms with Crippen LogP contribution < -0.4 is 9.80 Å². The molecule has 0 N–H and O–H groups in total. The van der Waals surface area contributed by atoms with Gasteiger partial charge in [-0.05, 0) is 101 Å². The van der Waals surface area contributed by atoms with Gasteiger partial charge in [-0.2, -0.15) is 49.1 Å². The maximum Gasteiger partial charge on any atom is 0.135 e. The Balaban J connectivity index is 0.00000397. The summed E-state index contributed by atoms with van der Waals surface area (Å²) >= 11 is 0. The average molecular weight is 893 g/mol. The van der Waals surface area contributed by atoms with Gasteiger partial charge in [0.05, 0.1) is 0 Å². The molecule has 0 amide bonds. The molecule has 2 aromatic heterocycles. The average Bonchev–Trinajstić information content (AvgIpc) is 3.80. The molecular weight excluding hydrogens is 852 g/mol. The number of para-hydroxylation sites is 1. The van der Waals surface area contributed by atoms with E-state index in [4.69, 9.17) is 4.98 Å². The van der Waals surface area contributed by atoms with E-state index in [1.54, 1.807) is 0 Å². The van der Waals surface area contributed by atoms with Gasteiger partial charge in [-0.15, -0.1) is 22.2 Å². The second-order valence-electron chi connectivity index (χ2n) is 16.0. The predicted octanol–water partition coefficient (Wildman–Crippen LogP) is 11.8. The zero-order chi connectivity index (χ0) is 36.9. The monoisotopic (exact) mass is 892 g/mol. The van der Waals surface area contributed by atoms with Crippen molar-refractivity contribution in [1.29, 1.82) is 0 Å². The van der Waals surface area contributed by atoms with Crippen molar-refractivity contribution >= 4 is 38.9 Å². The van der Waals surface area contributed by atoms with E-state index in [0.717, 1.165) is 44.7 Å². The minimum atomic E-state index is -0.684. The number of pyridine rings is 1. The number of rotatable bonds is 4. The fourth-order valence-electron chi connectivity index (χ4n) is 8.88. The standard InChI is InChI=1S/C50H41N4.Pt/c1-32-26-46-47(27-33(32)2)53(31-52(46)6)37-15-13-14-35(28-37)50(42-19-10-7-16-38(42)39-17-8-11-20-43(39)50)36-22-23-41-40-18-9-12-21-44(40)54(45(41)29-36)48-30-34(24-25-51-48)49(3,4)5;/h7-27,30-31H,1-6H3;/q-3;. The summed E-state index contributed by atoms with van der Waals surface area (Å²) in [5, 5.41) is 2.34. The molecule has 0 bridgehead atoms. The fraction of sp³-hybridized carbons (Fsp3) is 0.160. The number of anilines is 3. The predicted molar refractivity (Wildman–Crippen MR) is 223 cm³/mol. The Morgan fingerprint density at radius 2 is 1.31 bits per heavy atom. The zero-order valence-electron chi connectivity index (χ0n) is 31.9. The summed E-state index contributed by atoms with van der Waals surface area (Å²) in [5.74, 6) is 0.898. The molecule has 2 aliphatic rings. The number of benzene rings is 6. The van der Waals surface area contributed by atoms with Crippen LogP contribution in [-0.4, -0.2) is 16.6 Å². The van der Waals surface area contributed by atoms with Crippen molar-refractivity contribution in [3.8, 4) is 16.9 Å². The van der Waals surface area contributed by atoms with Crippen LogP contribution in [0, 0.1) is 32.6 Å². The van der Waals surface area contributed by atoms with Crippen molar-refractivity contribution < 1.29 is 21.1 Å². The molecule has 0 fully saturated rings. The quantitative estimate of drug-likeness (QED) is 0.165. The van der Waals surface area contributed by atoms with Gasteiger partial charge < -0.3 is 14.4 Å². The minimum absolute atomic E-state index is 0. The van der Waals surface area contributed by atoms with E-state index in [1.807, 2.05) is 6.20 Å². The summed E-state index contributed by atoms with van der Waals surface area (Å²) in [6, 6.07) is 54.7. The molecule has 0 spiro atoms. The van der Waals surface area contributed by atoms with Crippen molar-refractivity contribution in [2.24, 2.45) is 0 Å². The van der Waals surface area contributed by atoms with Gasteiger partial charge in [0.1, 0.15) is 5.82 Å². The third-order valence-electron chi connectivity index (χ3n) is 11.7.